The highest BCUT2D eigenvalue weighted by atomic mass is 79.9. The maximum absolute atomic E-state index is 4.74. The van der Waals surface area contributed by atoms with Crippen molar-refractivity contribution in [2.24, 2.45) is 0 Å². The average Bonchev–Trinajstić information content (AvgIpc) is 2.78. The van der Waals surface area contributed by atoms with Crippen molar-refractivity contribution in [2.45, 2.75) is 38.0 Å². The molecule has 1 aromatic heterocycles. The molecule has 0 unspecified atom stereocenters. The molecule has 18 heavy (non-hydrogen) atoms. The molecule has 1 aliphatic heterocycles. The first-order chi connectivity index (χ1) is 8.61. The van der Waals surface area contributed by atoms with Crippen LogP contribution in [0.4, 0.5) is 0 Å². The summed E-state index contributed by atoms with van der Waals surface area (Å²) in [6.07, 6.45) is 2.18. The summed E-state index contributed by atoms with van der Waals surface area (Å²) < 4.78 is 3.22. The van der Waals surface area contributed by atoms with Crippen LogP contribution in [0.5, 0.6) is 0 Å². The van der Waals surface area contributed by atoms with E-state index in [2.05, 4.69) is 49.0 Å². The fraction of sp³-hybridized carbons (Fsp3) is 0.357. The van der Waals surface area contributed by atoms with Gasteiger partial charge in [0.05, 0.1) is 5.69 Å². The largest absolute Gasteiger partial charge is 0.272 e. The lowest BCUT2D eigenvalue weighted by atomic mass is 10.00. The Morgan fingerprint density at radius 2 is 2.22 bits per heavy atom. The van der Waals surface area contributed by atoms with Crippen LogP contribution >= 0.6 is 27.7 Å². The molecule has 0 fully saturated rings. The molecule has 0 atom stereocenters. The van der Waals surface area contributed by atoms with E-state index in [4.69, 9.17) is 5.10 Å². The van der Waals surface area contributed by atoms with Gasteiger partial charge in [-0.15, -0.1) is 11.8 Å². The standard InChI is InChI=1S/C14H15BrN2S/c1-4-17-6-10-7-18-14-8(2)5-11(15)9(3)12(14)13(10)16-17/h5-6H,4,7H2,1-3H3. The van der Waals surface area contributed by atoms with Gasteiger partial charge >= 0.3 is 0 Å². The fourth-order valence-electron chi connectivity index (χ4n) is 2.41. The zero-order valence-electron chi connectivity index (χ0n) is 10.7. The smallest absolute Gasteiger partial charge is 0.0978 e. The van der Waals surface area contributed by atoms with E-state index in [0.29, 0.717) is 0 Å². The van der Waals surface area contributed by atoms with E-state index in [1.807, 2.05) is 16.4 Å². The predicted octanol–water partition coefficient (Wildman–Crippen LogP) is 4.56. The summed E-state index contributed by atoms with van der Waals surface area (Å²) in [5, 5.41) is 4.74. The second-order valence-electron chi connectivity index (χ2n) is 4.65. The first-order valence-electron chi connectivity index (χ1n) is 6.11. The highest BCUT2D eigenvalue weighted by molar-refractivity contribution is 9.10. The first kappa shape index (κ1) is 12.3. The van der Waals surface area contributed by atoms with Gasteiger partial charge in [-0.3, -0.25) is 4.68 Å². The number of aryl methyl sites for hydroxylation is 2. The van der Waals surface area contributed by atoms with Crippen molar-refractivity contribution in [1.29, 1.82) is 0 Å². The second kappa shape index (κ2) is 4.42. The molecular formula is C14H15BrN2S. The molecule has 4 heteroatoms. The van der Waals surface area contributed by atoms with Crippen molar-refractivity contribution in [1.82, 2.24) is 9.78 Å². The minimum atomic E-state index is 0.930. The van der Waals surface area contributed by atoms with Crippen LogP contribution in [0.25, 0.3) is 11.3 Å². The minimum absolute atomic E-state index is 0.930. The highest BCUT2D eigenvalue weighted by Gasteiger charge is 2.24. The van der Waals surface area contributed by atoms with Crippen LogP contribution in [-0.4, -0.2) is 9.78 Å². The molecule has 2 heterocycles. The van der Waals surface area contributed by atoms with E-state index in [1.54, 1.807) is 0 Å². The summed E-state index contributed by atoms with van der Waals surface area (Å²) in [5.41, 5.74) is 6.48. The second-order valence-corrected chi connectivity index (χ2v) is 6.49. The van der Waals surface area contributed by atoms with Crippen molar-refractivity contribution in [2.75, 3.05) is 0 Å². The van der Waals surface area contributed by atoms with Gasteiger partial charge in [0.25, 0.3) is 0 Å². The predicted molar refractivity (Wildman–Crippen MR) is 80.1 cm³/mol. The fourth-order valence-corrected chi connectivity index (χ4v) is 4.15. The van der Waals surface area contributed by atoms with E-state index in [0.717, 1.165) is 12.3 Å². The minimum Gasteiger partial charge on any atom is -0.272 e. The Labute approximate surface area is 120 Å². The van der Waals surface area contributed by atoms with Gasteiger partial charge in [0.1, 0.15) is 0 Å². The maximum atomic E-state index is 4.74. The van der Waals surface area contributed by atoms with Crippen molar-refractivity contribution < 1.29 is 0 Å². The third kappa shape index (κ3) is 1.74. The van der Waals surface area contributed by atoms with Crippen LogP contribution in [0.3, 0.4) is 0 Å². The van der Waals surface area contributed by atoms with Crippen molar-refractivity contribution >= 4 is 27.7 Å². The van der Waals surface area contributed by atoms with Crippen LogP contribution < -0.4 is 0 Å². The SMILES string of the molecule is CCn1cc2c(n1)-c1c(C)c(Br)cc(C)c1SC2. The summed E-state index contributed by atoms with van der Waals surface area (Å²) in [7, 11) is 0. The summed E-state index contributed by atoms with van der Waals surface area (Å²) in [5.74, 6) is 1.03. The molecular weight excluding hydrogens is 308 g/mol. The highest BCUT2D eigenvalue weighted by Crippen LogP contribution is 2.46. The van der Waals surface area contributed by atoms with Crippen LogP contribution in [0, 0.1) is 13.8 Å². The average molecular weight is 323 g/mol. The first-order valence-corrected chi connectivity index (χ1v) is 7.89. The number of aromatic nitrogens is 2. The van der Waals surface area contributed by atoms with Gasteiger partial charge in [0.15, 0.2) is 0 Å². The van der Waals surface area contributed by atoms with E-state index in [9.17, 15) is 0 Å². The summed E-state index contributed by atoms with van der Waals surface area (Å²) >= 11 is 5.59. The molecule has 0 amide bonds. The monoisotopic (exact) mass is 322 g/mol. The lowest BCUT2D eigenvalue weighted by Crippen LogP contribution is -2.00. The topological polar surface area (TPSA) is 17.8 Å². The normalized spacial score (nSPS) is 13.3. The van der Waals surface area contributed by atoms with Crippen LogP contribution in [0.2, 0.25) is 0 Å². The maximum Gasteiger partial charge on any atom is 0.0978 e. The molecule has 0 N–H and O–H groups in total. The van der Waals surface area contributed by atoms with Gasteiger partial charge in [0.2, 0.25) is 0 Å². The van der Waals surface area contributed by atoms with Crippen LogP contribution in [0.15, 0.2) is 21.6 Å². The lowest BCUT2D eigenvalue weighted by Gasteiger charge is -2.20. The number of rotatable bonds is 1. The van der Waals surface area contributed by atoms with E-state index in [1.165, 1.54) is 37.3 Å². The zero-order chi connectivity index (χ0) is 12.9. The van der Waals surface area contributed by atoms with Gasteiger partial charge in [0, 0.05) is 39.0 Å². The molecule has 0 radical (unpaired) electrons. The van der Waals surface area contributed by atoms with Crippen LogP contribution in [-0.2, 0) is 12.3 Å². The van der Waals surface area contributed by atoms with Gasteiger partial charge in [-0.1, -0.05) is 15.9 Å². The number of halogens is 1. The van der Waals surface area contributed by atoms with Crippen molar-refractivity contribution in [3.8, 4) is 11.3 Å². The van der Waals surface area contributed by atoms with Crippen molar-refractivity contribution in [3.05, 3.63) is 33.4 Å². The molecule has 94 valence electrons. The van der Waals surface area contributed by atoms with Gasteiger partial charge in [-0.2, -0.15) is 5.10 Å². The lowest BCUT2D eigenvalue weighted by molar-refractivity contribution is 0.661. The molecule has 1 aliphatic rings. The number of nitrogens with zero attached hydrogens (tertiary/aromatic N) is 2. The van der Waals surface area contributed by atoms with E-state index >= 15 is 0 Å². The molecule has 0 saturated heterocycles. The summed E-state index contributed by atoms with van der Waals surface area (Å²) in [6, 6.07) is 2.21. The van der Waals surface area contributed by atoms with Crippen molar-refractivity contribution in [3.63, 3.8) is 0 Å². The summed E-state index contributed by atoms with van der Waals surface area (Å²) in [6.45, 7) is 7.41. The third-order valence-electron chi connectivity index (χ3n) is 3.43. The van der Waals surface area contributed by atoms with Crippen LogP contribution in [0.1, 0.15) is 23.6 Å². The summed E-state index contributed by atoms with van der Waals surface area (Å²) in [4.78, 5) is 1.39. The third-order valence-corrected chi connectivity index (χ3v) is 5.53. The molecule has 0 spiro atoms. The molecule has 1 aromatic carbocycles. The Balaban J connectivity index is 2.31. The van der Waals surface area contributed by atoms with E-state index < -0.39 is 0 Å². The Hall–Kier alpha value is -0.740. The van der Waals surface area contributed by atoms with Gasteiger partial charge in [-0.05, 0) is 38.0 Å². The number of fused-ring (bicyclic) bond motifs is 3. The molecule has 0 saturated carbocycles. The Morgan fingerprint density at radius 1 is 1.44 bits per heavy atom. The Kier molecular flexibility index (Phi) is 3.02. The number of hydrogen-bond donors (Lipinski definition) is 0. The van der Waals surface area contributed by atoms with Gasteiger partial charge < -0.3 is 0 Å². The molecule has 0 bridgehead atoms. The molecule has 2 nitrogen and oxygen atoms in total. The quantitative estimate of drug-likeness (QED) is 0.766. The Bertz CT molecular complexity index is 631. The van der Waals surface area contributed by atoms with E-state index in [-0.39, 0.29) is 0 Å². The Morgan fingerprint density at radius 3 is 2.94 bits per heavy atom. The number of hydrogen-bond acceptors (Lipinski definition) is 2. The number of benzene rings is 1. The van der Waals surface area contributed by atoms with Gasteiger partial charge in [-0.25, -0.2) is 0 Å². The molecule has 3 rings (SSSR count). The molecule has 2 aromatic rings. The zero-order valence-corrected chi connectivity index (χ0v) is 13.2. The molecule has 0 aliphatic carbocycles. The number of thioether (sulfide) groups is 1.